The largest absolute Gasteiger partial charge is 0.421 e. The van der Waals surface area contributed by atoms with E-state index in [0.29, 0.717) is 48.8 Å². The molecule has 1 aliphatic carbocycles. The Kier molecular flexibility index (Phi) is 8.34. The van der Waals surface area contributed by atoms with Crippen molar-refractivity contribution >= 4 is 37.4 Å². The maximum absolute atomic E-state index is 13.9. The topological polar surface area (TPSA) is 88.6 Å². The molecule has 222 valence electrons. The summed E-state index contributed by atoms with van der Waals surface area (Å²) in [6, 6.07) is 10.9. The molecule has 42 heavy (non-hydrogen) atoms. The van der Waals surface area contributed by atoms with Gasteiger partial charge in [0.05, 0.1) is 24.5 Å². The molecule has 1 saturated carbocycles. The lowest BCUT2D eigenvalue weighted by Gasteiger charge is -2.24. The molecule has 1 saturated heterocycles. The van der Waals surface area contributed by atoms with Crippen LogP contribution in [0, 0.1) is 0 Å². The molecule has 2 N–H and O–H groups in total. The summed E-state index contributed by atoms with van der Waals surface area (Å²) in [5, 5.41) is 5.86. The number of carbonyl (C=O) groups is 1. The molecule has 2 aliphatic heterocycles. The first kappa shape index (κ1) is 28.8. The highest BCUT2D eigenvalue weighted by molar-refractivity contribution is 7.46. The molecule has 0 bridgehead atoms. The summed E-state index contributed by atoms with van der Waals surface area (Å²) in [6.45, 7) is 1.86. The molecule has 2 aromatic carbocycles. The van der Waals surface area contributed by atoms with Gasteiger partial charge in [0.1, 0.15) is 11.4 Å². The van der Waals surface area contributed by atoms with Crippen LogP contribution in [0.25, 0.3) is 0 Å². The van der Waals surface area contributed by atoms with E-state index in [-0.39, 0.29) is 17.7 Å². The number of benzene rings is 2. The fraction of sp³-hybridized carbons (Fsp3) is 0.433. The fourth-order valence-corrected chi connectivity index (χ4v) is 7.27. The summed E-state index contributed by atoms with van der Waals surface area (Å²) >= 11 is 0. The minimum Gasteiger partial charge on any atom is -0.340 e. The minimum absolute atomic E-state index is 0.0357. The Bertz CT molecular complexity index is 1440. The predicted octanol–water partition coefficient (Wildman–Crippen LogP) is 7.86. The smallest absolute Gasteiger partial charge is 0.340 e. The molecular weight excluding hydrogens is 566 g/mol. The van der Waals surface area contributed by atoms with E-state index in [1.807, 2.05) is 24.3 Å². The van der Waals surface area contributed by atoms with E-state index in [0.717, 1.165) is 36.6 Å². The Morgan fingerprint density at radius 1 is 1.00 bits per heavy atom. The van der Waals surface area contributed by atoms with Crippen molar-refractivity contribution in [2.75, 3.05) is 30.9 Å². The van der Waals surface area contributed by atoms with Gasteiger partial charge >= 0.3 is 6.18 Å². The minimum atomic E-state index is -4.67. The molecule has 8 nitrogen and oxygen atoms in total. The lowest BCUT2D eigenvalue weighted by atomic mass is 9.81. The quantitative estimate of drug-likeness (QED) is 0.267. The van der Waals surface area contributed by atoms with Crippen LogP contribution in [0.15, 0.2) is 42.6 Å². The van der Waals surface area contributed by atoms with E-state index in [2.05, 4.69) is 20.6 Å². The lowest BCUT2D eigenvalue weighted by Crippen LogP contribution is -2.18. The number of hydrogen-bond donors (Lipinski definition) is 2. The molecule has 3 aromatic rings. The van der Waals surface area contributed by atoms with Crippen LogP contribution in [0.2, 0.25) is 0 Å². The molecule has 2 fully saturated rings. The van der Waals surface area contributed by atoms with Crippen LogP contribution in [0.1, 0.15) is 77.1 Å². The van der Waals surface area contributed by atoms with Crippen LogP contribution in [0.5, 0.6) is 0 Å². The number of alkyl halides is 3. The third-order valence-corrected chi connectivity index (χ3v) is 9.54. The van der Waals surface area contributed by atoms with Gasteiger partial charge in [0.25, 0.3) is 5.91 Å². The Labute approximate surface area is 243 Å². The van der Waals surface area contributed by atoms with E-state index < -0.39 is 20.1 Å². The highest BCUT2D eigenvalue weighted by Crippen LogP contribution is 2.45. The molecule has 3 aliphatic rings. The molecule has 3 heterocycles. The van der Waals surface area contributed by atoms with Gasteiger partial charge in [0.15, 0.2) is 8.38 Å². The summed E-state index contributed by atoms with van der Waals surface area (Å²) in [4.78, 5) is 23.0. The maximum atomic E-state index is 13.9. The van der Waals surface area contributed by atoms with Gasteiger partial charge in [-0.15, -0.1) is 0 Å². The summed E-state index contributed by atoms with van der Waals surface area (Å²) in [5.74, 6) is -0.128. The summed E-state index contributed by atoms with van der Waals surface area (Å²) in [6.07, 6.45) is 3.35. The Morgan fingerprint density at radius 2 is 1.74 bits per heavy atom. The van der Waals surface area contributed by atoms with Gasteiger partial charge in [-0.1, -0.05) is 37.5 Å². The number of halogens is 3. The summed E-state index contributed by atoms with van der Waals surface area (Å²) < 4.78 is 53.0. The third-order valence-electron chi connectivity index (χ3n) is 7.98. The Morgan fingerprint density at radius 3 is 2.45 bits per heavy atom. The van der Waals surface area contributed by atoms with Gasteiger partial charge < -0.3 is 24.6 Å². The monoisotopic (exact) mass is 599 g/mol. The number of nitrogens with zero attached hydrogens (tertiary/aromatic N) is 3. The van der Waals surface area contributed by atoms with Crippen molar-refractivity contribution in [1.29, 1.82) is 0 Å². The normalized spacial score (nSPS) is 18.3. The SMILES string of the molecule is CN1Cc2c(C3CCCCC3)ccc(Nc3ncc(C(F)(F)F)c(Nc4ccc(CP5OCCCO5)cc4)n3)c2C1=O. The number of nitrogens with one attached hydrogen (secondary N) is 2. The first-order valence-corrected chi connectivity index (χ1v) is 15.6. The zero-order chi connectivity index (χ0) is 29.3. The van der Waals surface area contributed by atoms with E-state index in [9.17, 15) is 18.0 Å². The molecule has 0 spiro atoms. The van der Waals surface area contributed by atoms with E-state index in [1.165, 1.54) is 24.8 Å². The molecule has 12 heteroatoms. The van der Waals surface area contributed by atoms with Crippen LogP contribution >= 0.6 is 8.38 Å². The van der Waals surface area contributed by atoms with Crippen LogP contribution in [0.4, 0.5) is 36.3 Å². The van der Waals surface area contributed by atoms with Crippen LogP contribution in [-0.2, 0) is 27.9 Å². The van der Waals surface area contributed by atoms with Crippen LogP contribution < -0.4 is 10.6 Å². The highest BCUT2D eigenvalue weighted by atomic mass is 31.2. The molecular formula is C30H33F3N5O3P. The predicted molar refractivity (Wildman–Crippen MR) is 155 cm³/mol. The second-order valence-electron chi connectivity index (χ2n) is 11.0. The van der Waals surface area contributed by atoms with E-state index in [1.54, 1.807) is 24.1 Å². The van der Waals surface area contributed by atoms with Crippen molar-refractivity contribution in [1.82, 2.24) is 14.9 Å². The third kappa shape index (κ3) is 6.23. The standard InChI is InChI=1S/C30H33F3N5O3P/c1-38-17-23-22(20-6-3-2-4-7-20)12-13-25(26(23)28(38)39)36-29-34-16-24(30(31,32)33)27(37-29)35-21-10-8-19(9-11-21)18-42-40-14-5-15-41-42/h8-13,16,20H,2-7,14-15,17-18H2,1H3,(H2,34,35,36,37). The van der Waals surface area contributed by atoms with Gasteiger partial charge in [-0.05, 0) is 60.1 Å². The van der Waals surface area contributed by atoms with Crippen molar-refractivity contribution in [3.8, 4) is 0 Å². The van der Waals surface area contributed by atoms with Crippen LogP contribution in [-0.4, -0.2) is 41.0 Å². The first-order valence-electron chi connectivity index (χ1n) is 14.3. The number of hydrogen-bond acceptors (Lipinski definition) is 7. The van der Waals surface area contributed by atoms with Gasteiger partial charge in [0.2, 0.25) is 5.95 Å². The lowest BCUT2D eigenvalue weighted by molar-refractivity contribution is -0.137. The average Bonchev–Trinajstić information content (AvgIpc) is 3.29. The second kappa shape index (κ2) is 12.1. The number of aromatic nitrogens is 2. The fourth-order valence-electron chi connectivity index (χ4n) is 5.84. The first-order chi connectivity index (χ1) is 20.3. The molecule has 0 atom stereocenters. The molecule has 1 aromatic heterocycles. The number of carbonyl (C=O) groups excluding carboxylic acids is 1. The molecule has 1 amide bonds. The van der Waals surface area contributed by atoms with E-state index >= 15 is 0 Å². The average molecular weight is 600 g/mol. The Balaban J connectivity index is 1.26. The second-order valence-corrected chi connectivity index (χ2v) is 12.5. The van der Waals surface area contributed by atoms with Gasteiger partial charge in [-0.2, -0.15) is 18.2 Å². The maximum Gasteiger partial charge on any atom is 0.421 e. The van der Waals surface area contributed by atoms with Crippen molar-refractivity contribution in [2.45, 2.75) is 63.3 Å². The van der Waals surface area contributed by atoms with Gasteiger partial charge in [0, 0.05) is 31.6 Å². The van der Waals surface area contributed by atoms with Crippen molar-refractivity contribution in [3.05, 3.63) is 70.4 Å². The number of fused-ring (bicyclic) bond motifs is 1. The Hall–Kier alpha value is -3.27. The van der Waals surface area contributed by atoms with Crippen molar-refractivity contribution in [2.24, 2.45) is 0 Å². The molecule has 0 radical (unpaired) electrons. The van der Waals surface area contributed by atoms with E-state index in [4.69, 9.17) is 9.05 Å². The zero-order valence-electron chi connectivity index (χ0n) is 23.3. The summed E-state index contributed by atoms with van der Waals surface area (Å²) in [7, 11) is 0.764. The van der Waals surface area contributed by atoms with Crippen molar-refractivity contribution < 1.29 is 27.0 Å². The molecule has 6 rings (SSSR count). The summed E-state index contributed by atoms with van der Waals surface area (Å²) in [5.41, 5.74) is 3.63. The number of rotatable bonds is 7. The zero-order valence-corrected chi connectivity index (χ0v) is 24.2. The van der Waals surface area contributed by atoms with Gasteiger partial charge in [-0.25, -0.2) is 4.98 Å². The van der Waals surface area contributed by atoms with Crippen LogP contribution in [0.3, 0.4) is 0 Å². The molecule has 0 unspecified atom stereocenters. The van der Waals surface area contributed by atoms with Gasteiger partial charge in [-0.3, -0.25) is 4.79 Å². The van der Waals surface area contributed by atoms with Crippen molar-refractivity contribution in [3.63, 3.8) is 0 Å². The number of anilines is 4. The highest BCUT2D eigenvalue weighted by Gasteiger charge is 2.36. The number of amides is 1.